The maximum absolute atomic E-state index is 13.0. The van der Waals surface area contributed by atoms with Gasteiger partial charge in [-0.2, -0.15) is 0 Å². The number of aliphatic hydroxyl groups excluding tert-OH is 1. The van der Waals surface area contributed by atoms with E-state index in [0.717, 1.165) is 5.56 Å². The molecule has 0 saturated carbocycles. The zero-order valence-corrected chi connectivity index (χ0v) is 15.5. The number of rotatable bonds is 3. The molecule has 28 heavy (non-hydrogen) atoms. The first-order valence-electron chi connectivity index (χ1n) is 8.97. The topological polar surface area (TPSA) is 70.8 Å². The lowest BCUT2D eigenvalue weighted by Gasteiger charge is -2.24. The summed E-state index contributed by atoms with van der Waals surface area (Å²) < 4.78 is 5.78. The second kappa shape index (κ2) is 6.85. The molecular formula is C23H19NO4. The van der Waals surface area contributed by atoms with E-state index < -0.39 is 17.7 Å². The van der Waals surface area contributed by atoms with E-state index in [0.29, 0.717) is 22.8 Å². The molecule has 2 heterocycles. The first-order chi connectivity index (χ1) is 13.5. The SMILES string of the molecule is Cc1ccc(C2/C(=C(/O)c3ccccc3)C(=O)C(=O)N2c2ccccc2C)o1. The van der Waals surface area contributed by atoms with E-state index in [-0.39, 0.29) is 11.3 Å². The molecule has 1 amide bonds. The molecule has 4 rings (SSSR count). The largest absolute Gasteiger partial charge is 0.507 e. The number of furan rings is 1. The van der Waals surface area contributed by atoms with Gasteiger partial charge in [-0.3, -0.25) is 14.5 Å². The Balaban J connectivity index is 1.97. The summed E-state index contributed by atoms with van der Waals surface area (Å²) in [6, 6.07) is 18.7. The standard InChI is InChI=1S/C23H19NO4/c1-14-8-6-7-11-17(14)24-20(18-13-12-15(2)28-18)19(22(26)23(24)27)21(25)16-9-4-3-5-10-16/h3-13,20,25H,1-2H3/b21-19-. The van der Waals surface area contributed by atoms with Gasteiger partial charge < -0.3 is 9.52 Å². The number of hydrogen-bond donors (Lipinski definition) is 1. The van der Waals surface area contributed by atoms with Crippen LogP contribution in [0.3, 0.4) is 0 Å². The number of anilines is 1. The minimum Gasteiger partial charge on any atom is -0.507 e. The number of aliphatic hydroxyl groups is 1. The monoisotopic (exact) mass is 373 g/mol. The van der Waals surface area contributed by atoms with E-state index in [4.69, 9.17) is 4.42 Å². The second-order valence-electron chi connectivity index (χ2n) is 6.77. The van der Waals surface area contributed by atoms with Crippen LogP contribution in [-0.4, -0.2) is 16.8 Å². The predicted molar refractivity (Wildman–Crippen MR) is 106 cm³/mol. The molecule has 0 spiro atoms. The van der Waals surface area contributed by atoms with Gasteiger partial charge in [0.2, 0.25) is 0 Å². The van der Waals surface area contributed by atoms with Crippen molar-refractivity contribution in [1.29, 1.82) is 0 Å². The predicted octanol–water partition coefficient (Wildman–Crippen LogP) is 4.52. The Kier molecular flexibility index (Phi) is 4.35. The number of carbonyl (C=O) groups excluding carboxylic acids is 2. The lowest BCUT2D eigenvalue weighted by atomic mass is 9.99. The number of aryl methyl sites for hydroxylation is 2. The number of ketones is 1. The second-order valence-corrected chi connectivity index (χ2v) is 6.77. The third-order valence-corrected chi connectivity index (χ3v) is 4.90. The van der Waals surface area contributed by atoms with Crippen LogP contribution in [0.4, 0.5) is 5.69 Å². The van der Waals surface area contributed by atoms with Crippen LogP contribution in [0.15, 0.2) is 76.7 Å². The van der Waals surface area contributed by atoms with Crippen molar-refractivity contribution in [2.45, 2.75) is 19.9 Å². The molecule has 3 aromatic rings. The zero-order chi connectivity index (χ0) is 19.8. The zero-order valence-electron chi connectivity index (χ0n) is 15.5. The Labute approximate surface area is 162 Å². The summed E-state index contributed by atoms with van der Waals surface area (Å²) in [6.07, 6.45) is 0. The quantitative estimate of drug-likeness (QED) is 0.416. The molecule has 0 bridgehead atoms. The number of benzene rings is 2. The summed E-state index contributed by atoms with van der Waals surface area (Å²) in [4.78, 5) is 27.3. The van der Waals surface area contributed by atoms with E-state index in [2.05, 4.69) is 0 Å². The van der Waals surface area contributed by atoms with E-state index in [1.165, 1.54) is 4.90 Å². The number of hydrogen-bond acceptors (Lipinski definition) is 4. The van der Waals surface area contributed by atoms with Crippen LogP contribution in [-0.2, 0) is 9.59 Å². The van der Waals surface area contributed by atoms with Gasteiger partial charge in [0, 0.05) is 11.3 Å². The van der Waals surface area contributed by atoms with Crippen molar-refractivity contribution in [2.75, 3.05) is 4.90 Å². The van der Waals surface area contributed by atoms with Gasteiger partial charge in [0.1, 0.15) is 23.3 Å². The molecule has 1 saturated heterocycles. The summed E-state index contributed by atoms with van der Waals surface area (Å²) in [6.45, 7) is 3.66. The number of Topliss-reactive ketones (excluding diaryl/α,β-unsaturated/α-hetero) is 1. The maximum atomic E-state index is 13.0. The van der Waals surface area contributed by atoms with Crippen molar-refractivity contribution < 1.29 is 19.1 Å². The van der Waals surface area contributed by atoms with Gasteiger partial charge in [-0.25, -0.2) is 0 Å². The molecule has 1 aliphatic heterocycles. The lowest BCUT2D eigenvalue weighted by molar-refractivity contribution is -0.132. The minimum atomic E-state index is -0.838. The van der Waals surface area contributed by atoms with Gasteiger partial charge in [-0.1, -0.05) is 48.5 Å². The average Bonchev–Trinajstić information content (AvgIpc) is 3.24. The van der Waals surface area contributed by atoms with Crippen molar-refractivity contribution in [1.82, 2.24) is 0 Å². The molecule has 0 aliphatic carbocycles. The Morgan fingerprint density at radius 1 is 0.929 bits per heavy atom. The van der Waals surface area contributed by atoms with E-state index in [9.17, 15) is 14.7 Å². The van der Waals surface area contributed by atoms with Gasteiger partial charge in [0.05, 0.1) is 5.57 Å². The highest BCUT2D eigenvalue weighted by molar-refractivity contribution is 6.51. The van der Waals surface area contributed by atoms with Gasteiger partial charge in [0.25, 0.3) is 11.7 Å². The van der Waals surface area contributed by atoms with Crippen LogP contribution in [0.25, 0.3) is 5.76 Å². The van der Waals surface area contributed by atoms with Crippen LogP contribution < -0.4 is 4.90 Å². The Morgan fingerprint density at radius 3 is 2.25 bits per heavy atom. The molecule has 2 aromatic carbocycles. The van der Waals surface area contributed by atoms with Crippen LogP contribution in [0.5, 0.6) is 0 Å². The molecule has 1 fully saturated rings. The highest BCUT2D eigenvalue weighted by Gasteiger charge is 2.48. The van der Waals surface area contributed by atoms with Gasteiger partial charge in [-0.05, 0) is 37.6 Å². The molecule has 1 aromatic heterocycles. The fraction of sp³-hybridized carbons (Fsp3) is 0.130. The summed E-state index contributed by atoms with van der Waals surface area (Å²) in [5, 5.41) is 10.9. The summed E-state index contributed by atoms with van der Waals surface area (Å²) >= 11 is 0. The van der Waals surface area contributed by atoms with Crippen LogP contribution in [0, 0.1) is 13.8 Å². The summed E-state index contributed by atoms with van der Waals surface area (Å²) in [7, 11) is 0. The van der Waals surface area contributed by atoms with E-state index in [1.54, 1.807) is 49.4 Å². The van der Waals surface area contributed by atoms with Gasteiger partial charge >= 0.3 is 0 Å². The average molecular weight is 373 g/mol. The Hall–Kier alpha value is -3.60. The molecule has 1 atom stereocenters. The number of para-hydroxylation sites is 1. The summed E-state index contributed by atoms with van der Waals surface area (Å²) in [5.41, 5.74) is 1.94. The summed E-state index contributed by atoms with van der Waals surface area (Å²) in [5.74, 6) is -0.550. The molecule has 1 N–H and O–H groups in total. The third kappa shape index (κ3) is 2.81. The first-order valence-corrected chi connectivity index (χ1v) is 8.97. The molecular weight excluding hydrogens is 354 g/mol. The fourth-order valence-corrected chi connectivity index (χ4v) is 3.54. The normalized spacial score (nSPS) is 18.6. The molecule has 140 valence electrons. The first kappa shape index (κ1) is 17.8. The molecule has 0 radical (unpaired) electrons. The van der Waals surface area contributed by atoms with Crippen LogP contribution in [0.2, 0.25) is 0 Å². The highest BCUT2D eigenvalue weighted by atomic mass is 16.3. The van der Waals surface area contributed by atoms with Gasteiger partial charge in [-0.15, -0.1) is 0 Å². The smallest absolute Gasteiger partial charge is 0.300 e. The van der Waals surface area contributed by atoms with Crippen molar-refractivity contribution in [3.63, 3.8) is 0 Å². The molecule has 5 heteroatoms. The van der Waals surface area contributed by atoms with Gasteiger partial charge in [0.15, 0.2) is 0 Å². The van der Waals surface area contributed by atoms with Crippen molar-refractivity contribution >= 4 is 23.1 Å². The van der Waals surface area contributed by atoms with Crippen molar-refractivity contribution in [3.8, 4) is 0 Å². The molecule has 5 nitrogen and oxygen atoms in total. The van der Waals surface area contributed by atoms with E-state index in [1.807, 2.05) is 31.2 Å². The third-order valence-electron chi connectivity index (χ3n) is 4.90. The Bertz CT molecular complexity index is 1090. The number of nitrogens with zero attached hydrogens (tertiary/aromatic N) is 1. The fourth-order valence-electron chi connectivity index (χ4n) is 3.54. The lowest BCUT2D eigenvalue weighted by Crippen LogP contribution is -2.29. The number of amides is 1. The van der Waals surface area contributed by atoms with Crippen molar-refractivity contribution in [2.24, 2.45) is 0 Å². The maximum Gasteiger partial charge on any atom is 0.300 e. The minimum absolute atomic E-state index is 0.0220. The Morgan fingerprint density at radius 2 is 1.61 bits per heavy atom. The van der Waals surface area contributed by atoms with E-state index >= 15 is 0 Å². The van der Waals surface area contributed by atoms with Crippen LogP contribution in [0.1, 0.15) is 28.7 Å². The highest BCUT2D eigenvalue weighted by Crippen LogP contribution is 2.43. The van der Waals surface area contributed by atoms with Crippen LogP contribution >= 0.6 is 0 Å². The van der Waals surface area contributed by atoms with Crippen molar-refractivity contribution in [3.05, 3.63) is 95.0 Å². The molecule has 1 aliphatic rings. The molecule has 1 unspecified atom stereocenters. The number of carbonyl (C=O) groups is 2.